The van der Waals surface area contributed by atoms with E-state index in [1.807, 2.05) is 23.1 Å². The highest BCUT2D eigenvalue weighted by atomic mass is 19.4. The molecule has 0 saturated carbocycles. The normalized spacial score (nSPS) is 15.4. The molecule has 0 aliphatic carbocycles. The van der Waals surface area contributed by atoms with Crippen molar-refractivity contribution in [3.8, 4) is 5.75 Å². The molecule has 142 valence electrons. The van der Waals surface area contributed by atoms with Crippen LogP contribution in [0.1, 0.15) is 5.56 Å². The lowest BCUT2D eigenvalue weighted by atomic mass is 10.1. The Morgan fingerprint density at radius 3 is 2.44 bits per heavy atom. The molecule has 8 heteroatoms. The molecule has 1 aromatic heterocycles. The van der Waals surface area contributed by atoms with Crippen LogP contribution in [0.5, 0.6) is 5.75 Å². The molecule has 0 radical (unpaired) electrons. The molecule has 3 aromatic rings. The van der Waals surface area contributed by atoms with E-state index in [9.17, 15) is 13.2 Å². The number of rotatable bonds is 3. The lowest BCUT2D eigenvalue weighted by Crippen LogP contribution is -2.47. The number of anilines is 2. The molecular formula is C19H19F3N4O. The molecular weight excluding hydrogens is 357 g/mol. The molecule has 1 fully saturated rings. The minimum Gasteiger partial charge on any atom is -0.497 e. The summed E-state index contributed by atoms with van der Waals surface area (Å²) >= 11 is 0. The van der Waals surface area contributed by atoms with Gasteiger partial charge in [-0.2, -0.15) is 13.2 Å². The second-order valence-electron chi connectivity index (χ2n) is 6.47. The van der Waals surface area contributed by atoms with E-state index in [0.29, 0.717) is 31.9 Å². The van der Waals surface area contributed by atoms with Crippen LogP contribution in [0.15, 0.2) is 42.5 Å². The van der Waals surface area contributed by atoms with Gasteiger partial charge >= 0.3 is 6.18 Å². The number of H-pyrrole nitrogens is 1. The lowest BCUT2D eigenvalue weighted by Gasteiger charge is -2.36. The van der Waals surface area contributed by atoms with Crippen molar-refractivity contribution in [3.05, 3.63) is 48.0 Å². The number of piperazine rings is 1. The molecule has 1 saturated heterocycles. The van der Waals surface area contributed by atoms with Gasteiger partial charge in [0.15, 0.2) is 0 Å². The Balaban J connectivity index is 1.48. The fourth-order valence-corrected chi connectivity index (χ4v) is 3.31. The van der Waals surface area contributed by atoms with Crippen molar-refractivity contribution < 1.29 is 17.9 Å². The molecule has 0 bridgehead atoms. The maximum Gasteiger partial charge on any atom is 0.416 e. The van der Waals surface area contributed by atoms with E-state index in [-0.39, 0.29) is 0 Å². The summed E-state index contributed by atoms with van der Waals surface area (Å²) in [7, 11) is 1.62. The highest BCUT2D eigenvalue weighted by molar-refractivity contribution is 5.79. The smallest absolute Gasteiger partial charge is 0.416 e. The van der Waals surface area contributed by atoms with Gasteiger partial charge in [-0.25, -0.2) is 4.98 Å². The van der Waals surface area contributed by atoms with Crippen molar-refractivity contribution >= 4 is 22.7 Å². The molecule has 1 aliphatic rings. The van der Waals surface area contributed by atoms with Crippen LogP contribution in [0.3, 0.4) is 0 Å². The fraction of sp³-hybridized carbons (Fsp3) is 0.316. The van der Waals surface area contributed by atoms with Crippen molar-refractivity contribution in [2.75, 3.05) is 43.1 Å². The Morgan fingerprint density at radius 1 is 1.00 bits per heavy atom. The predicted molar refractivity (Wildman–Crippen MR) is 98.5 cm³/mol. The first-order valence-electron chi connectivity index (χ1n) is 8.65. The molecule has 1 aliphatic heterocycles. The molecule has 5 nitrogen and oxygen atoms in total. The highest BCUT2D eigenvalue weighted by Crippen LogP contribution is 2.32. The number of alkyl halides is 3. The molecule has 2 heterocycles. The van der Waals surface area contributed by atoms with E-state index in [1.165, 1.54) is 12.1 Å². The Bertz CT molecular complexity index is 946. The first-order chi connectivity index (χ1) is 12.9. The number of hydrogen-bond donors (Lipinski definition) is 1. The molecule has 0 amide bonds. The van der Waals surface area contributed by atoms with Gasteiger partial charge in [-0.15, -0.1) is 0 Å². The predicted octanol–water partition coefficient (Wildman–Crippen LogP) is 3.92. The van der Waals surface area contributed by atoms with Crippen molar-refractivity contribution in [2.24, 2.45) is 0 Å². The monoisotopic (exact) mass is 376 g/mol. The van der Waals surface area contributed by atoms with E-state index in [1.54, 1.807) is 13.2 Å². The second kappa shape index (κ2) is 6.68. The highest BCUT2D eigenvalue weighted by Gasteiger charge is 2.31. The van der Waals surface area contributed by atoms with Crippen molar-refractivity contribution in [3.63, 3.8) is 0 Å². The largest absolute Gasteiger partial charge is 0.497 e. The summed E-state index contributed by atoms with van der Waals surface area (Å²) in [6.45, 7) is 2.60. The van der Waals surface area contributed by atoms with Crippen LogP contribution < -0.4 is 14.5 Å². The van der Waals surface area contributed by atoms with E-state index >= 15 is 0 Å². The Kier molecular flexibility index (Phi) is 4.33. The standard InChI is InChI=1S/C19H19F3N4O/c1-27-15-5-6-16-17(12-15)24-18(23-16)26-9-7-25(8-10-26)14-4-2-3-13(11-14)19(20,21)22/h2-6,11-12H,7-10H2,1H3,(H,23,24). The van der Waals surface area contributed by atoms with Crippen LogP contribution in [-0.4, -0.2) is 43.3 Å². The second-order valence-corrected chi connectivity index (χ2v) is 6.47. The number of benzene rings is 2. The number of ether oxygens (including phenoxy) is 1. The van der Waals surface area contributed by atoms with Crippen molar-refractivity contribution in [1.82, 2.24) is 9.97 Å². The molecule has 4 rings (SSSR count). The number of nitrogens with one attached hydrogen (secondary N) is 1. The minimum atomic E-state index is -4.33. The SMILES string of the molecule is COc1ccc2nc(N3CCN(c4cccc(C(F)(F)F)c4)CC3)[nH]c2c1. The Labute approximate surface area is 154 Å². The third-order valence-corrected chi connectivity index (χ3v) is 4.79. The minimum absolute atomic E-state index is 0.596. The number of imidazole rings is 1. The first kappa shape index (κ1) is 17.5. The van der Waals surface area contributed by atoms with Crippen LogP contribution >= 0.6 is 0 Å². The average Bonchev–Trinajstić information content (AvgIpc) is 3.10. The van der Waals surface area contributed by atoms with Crippen LogP contribution in [-0.2, 0) is 6.18 Å². The number of aromatic nitrogens is 2. The van der Waals surface area contributed by atoms with Crippen LogP contribution in [0.25, 0.3) is 11.0 Å². The summed E-state index contributed by atoms with van der Waals surface area (Å²) in [6.07, 6.45) is -4.33. The van der Waals surface area contributed by atoms with Crippen LogP contribution in [0.2, 0.25) is 0 Å². The lowest BCUT2D eigenvalue weighted by molar-refractivity contribution is -0.137. The van der Waals surface area contributed by atoms with Crippen LogP contribution in [0.4, 0.5) is 24.8 Å². The zero-order chi connectivity index (χ0) is 19.0. The Hall–Kier alpha value is -2.90. The first-order valence-corrected chi connectivity index (χ1v) is 8.65. The van der Waals surface area contributed by atoms with Gasteiger partial charge in [0, 0.05) is 37.9 Å². The van der Waals surface area contributed by atoms with Crippen molar-refractivity contribution in [2.45, 2.75) is 6.18 Å². The molecule has 1 N–H and O–H groups in total. The zero-order valence-electron chi connectivity index (χ0n) is 14.8. The number of nitrogens with zero attached hydrogens (tertiary/aromatic N) is 3. The number of methoxy groups -OCH3 is 1. The summed E-state index contributed by atoms with van der Waals surface area (Å²) in [4.78, 5) is 12.0. The number of aromatic amines is 1. The van der Waals surface area contributed by atoms with Gasteiger partial charge in [-0.05, 0) is 30.3 Å². The number of hydrogen-bond acceptors (Lipinski definition) is 4. The van der Waals surface area contributed by atoms with Gasteiger partial charge in [0.1, 0.15) is 5.75 Å². The van der Waals surface area contributed by atoms with Gasteiger partial charge in [0.25, 0.3) is 0 Å². The molecule has 0 unspecified atom stereocenters. The zero-order valence-corrected chi connectivity index (χ0v) is 14.8. The molecule has 27 heavy (non-hydrogen) atoms. The average molecular weight is 376 g/mol. The third-order valence-electron chi connectivity index (χ3n) is 4.79. The van der Waals surface area contributed by atoms with Gasteiger partial charge in [-0.3, -0.25) is 0 Å². The molecule has 0 spiro atoms. The van der Waals surface area contributed by atoms with Gasteiger partial charge in [0.05, 0.1) is 23.7 Å². The molecule has 2 aromatic carbocycles. The topological polar surface area (TPSA) is 44.4 Å². The summed E-state index contributed by atoms with van der Waals surface area (Å²) in [5, 5.41) is 0. The van der Waals surface area contributed by atoms with E-state index in [0.717, 1.165) is 28.8 Å². The van der Waals surface area contributed by atoms with Crippen molar-refractivity contribution in [1.29, 1.82) is 0 Å². The Morgan fingerprint density at radius 2 is 1.74 bits per heavy atom. The number of halogens is 3. The van der Waals surface area contributed by atoms with E-state index in [4.69, 9.17) is 4.74 Å². The molecule has 0 atom stereocenters. The van der Waals surface area contributed by atoms with Gasteiger partial charge in [0.2, 0.25) is 5.95 Å². The van der Waals surface area contributed by atoms with E-state index in [2.05, 4.69) is 14.9 Å². The van der Waals surface area contributed by atoms with Gasteiger partial charge < -0.3 is 19.5 Å². The quantitative estimate of drug-likeness (QED) is 0.753. The summed E-state index contributed by atoms with van der Waals surface area (Å²) in [5.74, 6) is 1.52. The maximum absolute atomic E-state index is 12.9. The third kappa shape index (κ3) is 3.51. The fourth-order valence-electron chi connectivity index (χ4n) is 3.31. The summed E-state index contributed by atoms with van der Waals surface area (Å²) < 4.78 is 44.0. The van der Waals surface area contributed by atoms with Gasteiger partial charge in [-0.1, -0.05) is 6.07 Å². The number of fused-ring (bicyclic) bond motifs is 1. The summed E-state index contributed by atoms with van der Waals surface area (Å²) in [5.41, 5.74) is 1.73. The van der Waals surface area contributed by atoms with E-state index < -0.39 is 11.7 Å². The maximum atomic E-state index is 12.9. The van der Waals surface area contributed by atoms with Crippen LogP contribution in [0, 0.1) is 0 Å². The summed E-state index contributed by atoms with van der Waals surface area (Å²) in [6, 6.07) is 11.1.